The molecule has 5 rings (SSSR count). The third kappa shape index (κ3) is 2.15. The van der Waals surface area contributed by atoms with Crippen LogP contribution in [-0.4, -0.2) is 11.8 Å². The second kappa shape index (κ2) is 5.52. The van der Waals surface area contributed by atoms with Crippen LogP contribution in [0.15, 0.2) is 66.7 Å². The molecule has 0 aliphatic heterocycles. The number of hydrogen-bond acceptors (Lipinski definition) is 2. The summed E-state index contributed by atoms with van der Waals surface area (Å²) in [5, 5.41) is 8.80. The van der Waals surface area contributed by atoms with E-state index >= 15 is 0 Å². The van der Waals surface area contributed by atoms with Gasteiger partial charge < -0.3 is 0 Å². The summed E-state index contributed by atoms with van der Waals surface area (Å²) in [4.78, 5) is 25.8. The van der Waals surface area contributed by atoms with Crippen molar-refractivity contribution in [1.29, 1.82) is 0 Å². The third-order valence-electron chi connectivity index (χ3n) is 5.34. The molecule has 2 amide bonds. The Kier molecular flexibility index (Phi) is 3.22. The Hall–Kier alpha value is -3.46. The molecule has 0 atom stereocenters. The molecule has 0 heterocycles. The Morgan fingerprint density at radius 1 is 0.630 bits per heavy atom. The number of carbonyl (C=O) groups excluding carboxylic acids is 2. The van der Waals surface area contributed by atoms with Crippen LogP contribution in [0.25, 0.3) is 43.1 Å². The Labute approximate surface area is 156 Å². The minimum Gasteiger partial charge on any atom is -0.274 e. The van der Waals surface area contributed by atoms with Gasteiger partial charge in [0, 0.05) is 19.2 Å². The van der Waals surface area contributed by atoms with E-state index in [0.29, 0.717) is 5.69 Å². The number of anilines is 1. The van der Waals surface area contributed by atoms with Crippen molar-refractivity contribution >= 4 is 60.6 Å². The molecule has 3 heteroatoms. The van der Waals surface area contributed by atoms with E-state index < -0.39 is 0 Å². The maximum atomic E-state index is 12.3. The Bertz CT molecular complexity index is 1370. The topological polar surface area (TPSA) is 37.4 Å². The molecule has 0 saturated carbocycles. The summed E-state index contributed by atoms with van der Waals surface area (Å²) in [6, 6.07) is 22.7. The Morgan fingerprint density at radius 2 is 1.26 bits per heavy atom. The number of amides is 2. The van der Waals surface area contributed by atoms with Crippen LogP contribution < -0.4 is 4.90 Å². The van der Waals surface area contributed by atoms with Gasteiger partial charge in [-0.1, -0.05) is 54.6 Å². The van der Waals surface area contributed by atoms with Gasteiger partial charge in [0.2, 0.25) is 11.8 Å². The summed E-state index contributed by atoms with van der Waals surface area (Å²) in [7, 11) is 0. The summed E-state index contributed by atoms with van der Waals surface area (Å²) in [6.07, 6.45) is 0. The van der Waals surface area contributed by atoms with Crippen LogP contribution in [0.4, 0.5) is 5.69 Å². The lowest BCUT2D eigenvalue weighted by Gasteiger charge is -2.22. The van der Waals surface area contributed by atoms with Gasteiger partial charge in [-0.25, -0.2) is 0 Å². The van der Waals surface area contributed by atoms with Crippen LogP contribution in [0, 0.1) is 0 Å². The van der Waals surface area contributed by atoms with Gasteiger partial charge in [-0.05, 0) is 49.8 Å². The molecule has 0 spiro atoms. The monoisotopic (exact) mass is 351 g/mol. The maximum Gasteiger partial charge on any atom is 0.230 e. The average molecular weight is 351 g/mol. The number of nitrogens with zero attached hydrogens (tertiary/aromatic N) is 1. The number of rotatable bonds is 1. The van der Waals surface area contributed by atoms with Crippen molar-refractivity contribution in [2.75, 3.05) is 4.90 Å². The molecule has 0 aliphatic rings. The van der Waals surface area contributed by atoms with Gasteiger partial charge in [-0.15, -0.1) is 0 Å². The number of benzene rings is 5. The highest BCUT2D eigenvalue weighted by molar-refractivity contribution is 6.33. The number of fused-ring (bicyclic) bond motifs is 2. The SMILES string of the molecule is CC(=O)N(C(C)=O)c1cc2c3ccccc3cc3ccc4cccc1c4c32. The fourth-order valence-corrected chi connectivity index (χ4v) is 4.30. The summed E-state index contributed by atoms with van der Waals surface area (Å²) in [6.45, 7) is 2.86. The van der Waals surface area contributed by atoms with Gasteiger partial charge >= 0.3 is 0 Å². The van der Waals surface area contributed by atoms with E-state index in [4.69, 9.17) is 0 Å². The molecule has 5 aromatic rings. The first-order chi connectivity index (χ1) is 13.1. The van der Waals surface area contributed by atoms with Crippen LogP contribution >= 0.6 is 0 Å². The first kappa shape index (κ1) is 15.8. The van der Waals surface area contributed by atoms with Crippen LogP contribution in [0.1, 0.15) is 13.8 Å². The van der Waals surface area contributed by atoms with E-state index in [1.165, 1.54) is 24.1 Å². The predicted octanol–water partition coefficient (Wildman–Crippen LogP) is 5.64. The number of carbonyl (C=O) groups is 2. The zero-order valence-corrected chi connectivity index (χ0v) is 15.1. The zero-order valence-electron chi connectivity index (χ0n) is 15.1. The van der Waals surface area contributed by atoms with Crippen molar-refractivity contribution in [3.05, 3.63) is 66.7 Å². The normalized spacial score (nSPS) is 11.6. The first-order valence-electron chi connectivity index (χ1n) is 8.97. The van der Waals surface area contributed by atoms with Crippen molar-refractivity contribution < 1.29 is 9.59 Å². The lowest BCUT2D eigenvalue weighted by Crippen LogP contribution is -2.33. The minimum atomic E-state index is -0.276. The van der Waals surface area contributed by atoms with Crippen molar-refractivity contribution in [3.63, 3.8) is 0 Å². The summed E-state index contributed by atoms with van der Waals surface area (Å²) in [5.41, 5.74) is 0.650. The first-order valence-corrected chi connectivity index (χ1v) is 8.97. The molecule has 0 unspecified atom stereocenters. The van der Waals surface area contributed by atoms with Crippen molar-refractivity contribution in [2.45, 2.75) is 13.8 Å². The molecular weight excluding hydrogens is 334 g/mol. The van der Waals surface area contributed by atoms with Gasteiger partial charge in [0.05, 0.1) is 5.69 Å². The molecule has 3 nitrogen and oxygen atoms in total. The highest BCUT2D eigenvalue weighted by Crippen LogP contribution is 2.42. The van der Waals surface area contributed by atoms with E-state index in [1.54, 1.807) is 0 Å². The molecule has 0 N–H and O–H groups in total. The second-order valence-corrected chi connectivity index (χ2v) is 6.98. The van der Waals surface area contributed by atoms with Crippen molar-refractivity contribution in [3.8, 4) is 0 Å². The smallest absolute Gasteiger partial charge is 0.230 e. The quantitative estimate of drug-likeness (QED) is 0.290. The fraction of sp³-hybridized carbons (Fsp3) is 0.0833. The van der Waals surface area contributed by atoms with Crippen LogP contribution in [-0.2, 0) is 9.59 Å². The Morgan fingerprint density at radius 3 is 2.04 bits per heavy atom. The van der Waals surface area contributed by atoms with Crippen LogP contribution in [0.5, 0.6) is 0 Å². The van der Waals surface area contributed by atoms with E-state index in [9.17, 15) is 9.59 Å². The van der Waals surface area contributed by atoms with E-state index in [-0.39, 0.29) is 11.8 Å². The minimum absolute atomic E-state index is 0.276. The molecule has 0 aliphatic carbocycles. The van der Waals surface area contributed by atoms with Gasteiger partial charge in [-0.2, -0.15) is 0 Å². The molecule has 130 valence electrons. The highest BCUT2D eigenvalue weighted by Gasteiger charge is 2.22. The van der Waals surface area contributed by atoms with Crippen molar-refractivity contribution in [1.82, 2.24) is 0 Å². The average Bonchev–Trinajstić information content (AvgIpc) is 2.65. The van der Waals surface area contributed by atoms with Gasteiger partial charge in [-0.3, -0.25) is 14.5 Å². The van der Waals surface area contributed by atoms with E-state index in [0.717, 1.165) is 37.7 Å². The lowest BCUT2D eigenvalue weighted by molar-refractivity contribution is -0.124. The summed E-state index contributed by atoms with van der Waals surface area (Å²) in [5.74, 6) is -0.553. The Balaban J connectivity index is 2.09. The lowest BCUT2D eigenvalue weighted by atomic mass is 9.90. The van der Waals surface area contributed by atoms with Gasteiger partial charge in [0.25, 0.3) is 0 Å². The third-order valence-corrected chi connectivity index (χ3v) is 5.34. The van der Waals surface area contributed by atoms with E-state index in [1.807, 2.05) is 30.3 Å². The standard InChI is InChI=1S/C24H17NO2/c1-14(26)25(15(2)27)22-13-21-19-8-4-3-6-17(19)12-18-11-10-16-7-5-9-20(22)23(16)24(18)21/h3-13H,1-2H3. The maximum absolute atomic E-state index is 12.3. The summed E-state index contributed by atoms with van der Waals surface area (Å²) < 4.78 is 0. The molecule has 5 aromatic carbocycles. The molecule has 0 fully saturated rings. The predicted molar refractivity (Wildman–Crippen MR) is 111 cm³/mol. The van der Waals surface area contributed by atoms with Gasteiger partial charge in [0.15, 0.2) is 0 Å². The summed E-state index contributed by atoms with van der Waals surface area (Å²) >= 11 is 0. The highest BCUT2D eigenvalue weighted by atomic mass is 16.2. The van der Waals surface area contributed by atoms with Crippen LogP contribution in [0.2, 0.25) is 0 Å². The van der Waals surface area contributed by atoms with Gasteiger partial charge in [0.1, 0.15) is 0 Å². The molecular formula is C24H17NO2. The molecule has 0 radical (unpaired) electrons. The van der Waals surface area contributed by atoms with Crippen molar-refractivity contribution in [2.24, 2.45) is 0 Å². The zero-order chi connectivity index (χ0) is 18.7. The molecule has 27 heavy (non-hydrogen) atoms. The second-order valence-electron chi connectivity index (χ2n) is 6.98. The largest absolute Gasteiger partial charge is 0.274 e. The number of imide groups is 1. The fourth-order valence-electron chi connectivity index (χ4n) is 4.30. The molecule has 0 aromatic heterocycles. The van der Waals surface area contributed by atoms with E-state index in [2.05, 4.69) is 36.4 Å². The number of hydrogen-bond donors (Lipinski definition) is 0. The molecule has 0 bridgehead atoms. The van der Waals surface area contributed by atoms with Crippen LogP contribution in [0.3, 0.4) is 0 Å². The molecule has 0 saturated heterocycles.